The molecule has 0 spiro atoms. The van der Waals surface area contributed by atoms with Crippen molar-refractivity contribution in [2.45, 2.75) is 6.42 Å². The molecule has 0 unspecified atom stereocenters. The van der Waals surface area contributed by atoms with Crippen LogP contribution in [0.25, 0.3) is 21.9 Å². The standard InChI is InChI=1S/C18H12O3/c19-16-9-12-8-11-7-10(18(20)21)5-6-13(11)17(12)15-4-2-1-3-14(15)16/h1-7,9,19H,8H2,(H,20,21). The summed E-state index contributed by atoms with van der Waals surface area (Å²) in [5.41, 5.74) is 4.51. The van der Waals surface area contributed by atoms with E-state index >= 15 is 0 Å². The van der Waals surface area contributed by atoms with Gasteiger partial charge in [-0.3, -0.25) is 0 Å². The van der Waals surface area contributed by atoms with Gasteiger partial charge in [0.15, 0.2) is 0 Å². The summed E-state index contributed by atoms with van der Waals surface area (Å²) in [7, 11) is 0. The number of benzene rings is 3. The maximum Gasteiger partial charge on any atom is 0.335 e. The Hall–Kier alpha value is -2.81. The van der Waals surface area contributed by atoms with Crippen molar-refractivity contribution in [2.24, 2.45) is 0 Å². The Kier molecular flexibility index (Phi) is 2.33. The van der Waals surface area contributed by atoms with Crippen LogP contribution in [0.1, 0.15) is 21.5 Å². The van der Waals surface area contributed by atoms with Gasteiger partial charge in [0.2, 0.25) is 0 Å². The van der Waals surface area contributed by atoms with Crippen LogP contribution in [0.2, 0.25) is 0 Å². The largest absolute Gasteiger partial charge is 0.507 e. The molecule has 0 heterocycles. The van der Waals surface area contributed by atoms with E-state index in [1.165, 1.54) is 0 Å². The zero-order chi connectivity index (χ0) is 14.6. The van der Waals surface area contributed by atoms with Crippen molar-refractivity contribution in [3.05, 3.63) is 65.2 Å². The van der Waals surface area contributed by atoms with Crippen molar-refractivity contribution in [3.63, 3.8) is 0 Å². The smallest absolute Gasteiger partial charge is 0.335 e. The molecular weight excluding hydrogens is 264 g/mol. The third kappa shape index (κ3) is 1.64. The van der Waals surface area contributed by atoms with Gasteiger partial charge < -0.3 is 10.2 Å². The van der Waals surface area contributed by atoms with Crippen LogP contribution in [0.3, 0.4) is 0 Å². The molecule has 0 radical (unpaired) electrons. The van der Waals surface area contributed by atoms with Gasteiger partial charge in [0.25, 0.3) is 0 Å². The minimum absolute atomic E-state index is 0.274. The molecule has 21 heavy (non-hydrogen) atoms. The zero-order valence-electron chi connectivity index (χ0n) is 11.1. The van der Waals surface area contributed by atoms with E-state index in [0.29, 0.717) is 12.0 Å². The van der Waals surface area contributed by atoms with Gasteiger partial charge in [-0.15, -0.1) is 0 Å². The van der Waals surface area contributed by atoms with Crippen molar-refractivity contribution in [1.82, 2.24) is 0 Å². The summed E-state index contributed by atoms with van der Waals surface area (Å²) in [6, 6.07) is 14.8. The Balaban J connectivity index is 2.04. The number of rotatable bonds is 1. The van der Waals surface area contributed by atoms with Crippen molar-refractivity contribution in [3.8, 4) is 16.9 Å². The third-order valence-electron chi connectivity index (χ3n) is 4.11. The molecule has 0 saturated heterocycles. The van der Waals surface area contributed by atoms with Crippen LogP contribution in [-0.2, 0) is 6.42 Å². The quantitative estimate of drug-likeness (QED) is 0.555. The van der Waals surface area contributed by atoms with E-state index in [0.717, 1.165) is 33.0 Å². The fourth-order valence-corrected chi connectivity index (χ4v) is 3.19. The summed E-state index contributed by atoms with van der Waals surface area (Å²) < 4.78 is 0. The molecule has 0 bridgehead atoms. The molecule has 0 saturated carbocycles. The summed E-state index contributed by atoms with van der Waals surface area (Å²) in [6.07, 6.45) is 0.657. The van der Waals surface area contributed by atoms with Crippen LogP contribution in [-0.4, -0.2) is 16.2 Å². The Bertz CT molecular complexity index is 910. The van der Waals surface area contributed by atoms with E-state index in [1.807, 2.05) is 30.3 Å². The molecule has 102 valence electrons. The SMILES string of the molecule is O=C(O)c1ccc2c(c1)Cc1cc(O)c3ccccc3c1-2. The topological polar surface area (TPSA) is 57.5 Å². The van der Waals surface area contributed by atoms with Crippen molar-refractivity contribution < 1.29 is 15.0 Å². The monoisotopic (exact) mass is 276 g/mol. The second-order valence-corrected chi connectivity index (χ2v) is 5.33. The van der Waals surface area contributed by atoms with Crippen molar-refractivity contribution >= 4 is 16.7 Å². The lowest BCUT2D eigenvalue weighted by atomic mass is 9.97. The van der Waals surface area contributed by atoms with Crippen LogP contribution >= 0.6 is 0 Å². The van der Waals surface area contributed by atoms with E-state index in [-0.39, 0.29) is 5.75 Å². The average molecular weight is 276 g/mol. The van der Waals surface area contributed by atoms with Crippen LogP contribution in [0.15, 0.2) is 48.5 Å². The van der Waals surface area contributed by atoms with Crippen molar-refractivity contribution in [2.75, 3.05) is 0 Å². The molecule has 4 rings (SSSR count). The highest BCUT2D eigenvalue weighted by Crippen LogP contribution is 2.44. The molecule has 0 aliphatic heterocycles. The molecule has 1 aliphatic carbocycles. The summed E-state index contributed by atoms with van der Waals surface area (Å²) in [5.74, 6) is -0.642. The zero-order valence-corrected chi connectivity index (χ0v) is 11.1. The average Bonchev–Trinajstić information content (AvgIpc) is 2.84. The van der Waals surface area contributed by atoms with Gasteiger partial charge in [-0.05, 0) is 52.3 Å². The number of phenols is 1. The number of aromatic carboxylic acids is 1. The predicted molar refractivity (Wildman–Crippen MR) is 80.8 cm³/mol. The highest BCUT2D eigenvalue weighted by atomic mass is 16.4. The lowest BCUT2D eigenvalue weighted by Gasteiger charge is -2.08. The van der Waals surface area contributed by atoms with Gasteiger partial charge in [0.1, 0.15) is 5.75 Å². The first kappa shape index (κ1) is 12.0. The molecule has 3 aromatic rings. The molecule has 2 N–H and O–H groups in total. The summed E-state index contributed by atoms with van der Waals surface area (Å²) in [5, 5.41) is 21.1. The first-order valence-corrected chi connectivity index (χ1v) is 6.75. The van der Waals surface area contributed by atoms with Gasteiger partial charge in [0, 0.05) is 5.39 Å². The maximum absolute atomic E-state index is 11.1. The van der Waals surface area contributed by atoms with Crippen molar-refractivity contribution in [1.29, 1.82) is 0 Å². The number of carboxylic acids is 1. The van der Waals surface area contributed by atoms with E-state index in [2.05, 4.69) is 0 Å². The third-order valence-corrected chi connectivity index (χ3v) is 4.11. The van der Waals surface area contributed by atoms with Gasteiger partial charge in [-0.25, -0.2) is 4.79 Å². The summed E-state index contributed by atoms with van der Waals surface area (Å²) >= 11 is 0. The number of carbonyl (C=O) groups is 1. The summed E-state index contributed by atoms with van der Waals surface area (Å²) in [4.78, 5) is 11.1. The number of carboxylic acid groups (broad SMARTS) is 1. The van der Waals surface area contributed by atoms with Crippen LogP contribution in [0.5, 0.6) is 5.75 Å². The highest BCUT2D eigenvalue weighted by Gasteiger charge is 2.23. The normalized spacial score (nSPS) is 12.2. The fourth-order valence-electron chi connectivity index (χ4n) is 3.19. The van der Waals surface area contributed by atoms with E-state index in [9.17, 15) is 9.90 Å². The molecule has 3 aromatic carbocycles. The van der Waals surface area contributed by atoms with E-state index in [1.54, 1.807) is 18.2 Å². The van der Waals surface area contributed by atoms with Gasteiger partial charge in [0.05, 0.1) is 5.56 Å². The second-order valence-electron chi connectivity index (χ2n) is 5.33. The molecular formula is C18H12O3. The Morgan fingerprint density at radius 1 is 0.952 bits per heavy atom. The Labute approximate surface area is 121 Å². The van der Waals surface area contributed by atoms with Gasteiger partial charge in [-0.1, -0.05) is 30.3 Å². The first-order chi connectivity index (χ1) is 10.1. The number of hydrogen-bond donors (Lipinski definition) is 2. The molecule has 3 heteroatoms. The molecule has 0 aromatic heterocycles. The van der Waals surface area contributed by atoms with E-state index in [4.69, 9.17) is 5.11 Å². The second kappa shape index (κ2) is 4.09. The lowest BCUT2D eigenvalue weighted by Crippen LogP contribution is -1.96. The number of hydrogen-bond acceptors (Lipinski definition) is 2. The molecule has 0 atom stereocenters. The Morgan fingerprint density at radius 2 is 1.71 bits per heavy atom. The highest BCUT2D eigenvalue weighted by molar-refractivity contribution is 6.04. The first-order valence-electron chi connectivity index (χ1n) is 6.75. The molecule has 0 amide bonds. The lowest BCUT2D eigenvalue weighted by molar-refractivity contribution is 0.0697. The van der Waals surface area contributed by atoms with Crippen LogP contribution < -0.4 is 0 Å². The molecule has 3 nitrogen and oxygen atoms in total. The van der Waals surface area contributed by atoms with Gasteiger partial charge in [-0.2, -0.15) is 0 Å². The maximum atomic E-state index is 11.1. The minimum atomic E-state index is -0.915. The summed E-state index contributed by atoms with van der Waals surface area (Å²) in [6.45, 7) is 0. The van der Waals surface area contributed by atoms with Crippen LogP contribution in [0.4, 0.5) is 0 Å². The van der Waals surface area contributed by atoms with Crippen LogP contribution in [0, 0.1) is 0 Å². The fraction of sp³-hybridized carbons (Fsp3) is 0.0556. The molecule has 1 aliphatic rings. The predicted octanol–water partition coefficient (Wildman–Crippen LogP) is 3.81. The number of fused-ring (bicyclic) bond motifs is 5. The number of phenolic OH excluding ortho intramolecular Hbond substituents is 1. The molecule has 0 fully saturated rings. The van der Waals surface area contributed by atoms with E-state index < -0.39 is 5.97 Å². The Morgan fingerprint density at radius 3 is 2.48 bits per heavy atom. The number of aromatic hydroxyl groups is 1. The van der Waals surface area contributed by atoms with Gasteiger partial charge >= 0.3 is 5.97 Å². The minimum Gasteiger partial charge on any atom is -0.507 e.